The molecule has 1 aromatic heterocycles. The third-order valence-electron chi connectivity index (χ3n) is 3.97. The van der Waals surface area contributed by atoms with Gasteiger partial charge in [0.2, 0.25) is 0 Å². The number of nitrogens with zero attached hydrogens (tertiary/aromatic N) is 2. The van der Waals surface area contributed by atoms with Gasteiger partial charge in [-0.1, -0.05) is 24.6 Å². The van der Waals surface area contributed by atoms with Crippen molar-refractivity contribution in [3.63, 3.8) is 0 Å². The third-order valence-corrected chi connectivity index (χ3v) is 4.93. The first kappa shape index (κ1) is 15.9. The SMILES string of the molecule is N#Cc1cc2c(nc1SCCOc1ccccc1)CCCCC2. The molecule has 0 fully saturated rings. The van der Waals surface area contributed by atoms with Crippen molar-refractivity contribution in [3.8, 4) is 11.8 Å². The van der Waals surface area contributed by atoms with Crippen LogP contribution in [0.1, 0.15) is 36.1 Å². The molecule has 23 heavy (non-hydrogen) atoms. The first-order valence-electron chi connectivity index (χ1n) is 8.10. The minimum absolute atomic E-state index is 0.609. The molecule has 1 aliphatic carbocycles. The molecule has 1 aliphatic rings. The molecule has 0 N–H and O–H groups in total. The number of rotatable bonds is 5. The summed E-state index contributed by atoms with van der Waals surface area (Å²) >= 11 is 1.61. The Balaban J connectivity index is 1.63. The maximum atomic E-state index is 9.39. The molecular weight excluding hydrogens is 304 g/mol. The van der Waals surface area contributed by atoms with Crippen LogP contribution in [0.4, 0.5) is 0 Å². The van der Waals surface area contributed by atoms with E-state index in [1.807, 2.05) is 36.4 Å². The largest absolute Gasteiger partial charge is 0.493 e. The van der Waals surface area contributed by atoms with Crippen LogP contribution in [0, 0.1) is 11.3 Å². The smallest absolute Gasteiger partial charge is 0.119 e. The molecule has 0 saturated heterocycles. The first-order chi connectivity index (χ1) is 11.4. The minimum Gasteiger partial charge on any atom is -0.493 e. The molecule has 0 atom stereocenters. The predicted molar refractivity (Wildman–Crippen MR) is 92.9 cm³/mol. The standard InChI is InChI=1S/C19H20N2OS/c20-14-16-13-15-7-3-1-6-10-18(15)21-19(16)23-12-11-22-17-8-4-2-5-9-17/h2,4-5,8-9,13H,1,3,6-7,10-12H2. The number of para-hydroxylation sites is 1. The van der Waals surface area contributed by atoms with E-state index in [2.05, 4.69) is 6.07 Å². The van der Waals surface area contributed by atoms with Crippen LogP contribution in [0.25, 0.3) is 0 Å². The number of aromatic nitrogens is 1. The highest BCUT2D eigenvalue weighted by molar-refractivity contribution is 7.99. The maximum Gasteiger partial charge on any atom is 0.119 e. The summed E-state index contributed by atoms with van der Waals surface area (Å²) in [5, 5.41) is 10.2. The second kappa shape index (κ2) is 8.03. The fraction of sp³-hybridized carbons (Fsp3) is 0.368. The van der Waals surface area contributed by atoms with Crippen LogP contribution in [0.5, 0.6) is 5.75 Å². The number of aryl methyl sites for hydroxylation is 2. The van der Waals surface area contributed by atoms with Crippen molar-refractivity contribution in [1.29, 1.82) is 5.26 Å². The Morgan fingerprint density at radius 1 is 1.13 bits per heavy atom. The summed E-state index contributed by atoms with van der Waals surface area (Å²) in [4.78, 5) is 4.77. The van der Waals surface area contributed by atoms with E-state index >= 15 is 0 Å². The zero-order chi connectivity index (χ0) is 15.9. The van der Waals surface area contributed by atoms with Gasteiger partial charge in [-0.3, -0.25) is 0 Å². The third kappa shape index (κ3) is 4.27. The second-order valence-corrected chi connectivity index (χ2v) is 6.71. The minimum atomic E-state index is 0.609. The Bertz CT molecular complexity index is 695. The Hall–Kier alpha value is -1.99. The fourth-order valence-electron chi connectivity index (χ4n) is 2.80. The van der Waals surface area contributed by atoms with Gasteiger partial charge >= 0.3 is 0 Å². The molecule has 3 rings (SSSR count). The summed E-state index contributed by atoms with van der Waals surface area (Å²) in [5.41, 5.74) is 3.16. The van der Waals surface area contributed by atoms with Gasteiger partial charge in [0.05, 0.1) is 12.2 Å². The highest BCUT2D eigenvalue weighted by Crippen LogP contribution is 2.26. The van der Waals surface area contributed by atoms with Gasteiger partial charge in [-0.05, 0) is 49.4 Å². The molecule has 118 valence electrons. The van der Waals surface area contributed by atoms with E-state index in [9.17, 15) is 5.26 Å². The monoisotopic (exact) mass is 324 g/mol. The molecule has 0 bridgehead atoms. The van der Waals surface area contributed by atoms with Gasteiger partial charge in [-0.25, -0.2) is 4.98 Å². The molecular formula is C19H20N2OS. The van der Waals surface area contributed by atoms with Crippen molar-refractivity contribution < 1.29 is 4.74 Å². The lowest BCUT2D eigenvalue weighted by Gasteiger charge is -2.10. The Morgan fingerprint density at radius 3 is 2.78 bits per heavy atom. The average molecular weight is 324 g/mol. The van der Waals surface area contributed by atoms with Crippen LogP contribution >= 0.6 is 11.8 Å². The van der Waals surface area contributed by atoms with Crippen molar-refractivity contribution in [1.82, 2.24) is 4.98 Å². The van der Waals surface area contributed by atoms with E-state index < -0.39 is 0 Å². The number of benzene rings is 1. The second-order valence-electron chi connectivity index (χ2n) is 5.63. The average Bonchev–Trinajstić information content (AvgIpc) is 2.83. The number of hydrogen-bond donors (Lipinski definition) is 0. The van der Waals surface area contributed by atoms with Crippen molar-refractivity contribution in [2.24, 2.45) is 0 Å². The lowest BCUT2D eigenvalue weighted by atomic mass is 10.1. The van der Waals surface area contributed by atoms with E-state index in [4.69, 9.17) is 9.72 Å². The molecule has 0 aliphatic heterocycles. The van der Waals surface area contributed by atoms with Gasteiger partial charge < -0.3 is 4.74 Å². The Kier molecular flexibility index (Phi) is 5.55. The summed E-state index contributed by atoms with van der Waals surface area (Å²) in [6, 6.07) is 14.1. The van der Waals surface area contributed by atoms with Crippen LogP contribution in [0.15, 0.2) is 41.4 Å². The Morgan fingerprint density at radius 2 is 1.96 bits per heavy atom. The van der Waals surface area contributed by atoms with Gasteiger partial charge in [0.15, 0.2) is 0 Å². The quantitative estimate of drug-likeness (QED) is 0.465. The molecule has 4 heteroatoms. The summed E-state index contributed by atoms with van der Waals surface area (Å²) in [6.45, 7) is 0.609. The first-order valence-corrected chi connectivity index (χ1v) is 9.09. The lowest BCUT2D eigenvalue weighted by Crippen LogP contribution is -2.03. The van der Waals surface area contributed by atoms with Crippen LogP contribution in [-0.4, -0.2) is 17.3 Å². The summed E-state index contributed by atoms with van der Waals surface area (Å²) in [5.74, 6) is 1.67. The summed E-state index contributed by atoms with van der Waals surface area (Å²) in [7, 11) is 0. The number of hydrogen-bond acceptors (Lipinski definition) is 4. The van der Waals surface area contributed by atoms with Crippen molar-refractivity contribution in [3.05, 3.63) is 53.2 Å². The molecule has 3 nitrogen and oxygen atoms in total. The molecule has 1 heterocycles. The van der Waals surface area contributed by atoms with Crippen LogP contribution < -0.4 is 4.74 Å². The fourth-order valence-corrected chi connectivity index (χ4v) is 3.59. The molecule has 1 aromatic carbocycles. The zero-order valence-electron chi connectivity index (χ0n) is 13.1. The number of pyridine rings is 1. The van der Waals surface area contributed by atoms with Crippen molar-refractivity contribution in [2.75, 3.05) is 12.4 Å². The van der Waals surface area contributed by atoms with Gasteiger partial charge in [-0.15, -0.1) is 11.8 Å². The predicted octanol–water partition coefficient (Wildman–Crippen LogP) is 4.39. The molecule has 0 amide bonds. The normalized spacial score (nSPS) is 13.7. The highest BCUT2D eigenvalue weighted by atomic mass is 32.2. The number of fused-ring (bicyclic) bond motifs is 1. The maximum absolute atomic E-state index is 9.39. The topological polar surface area (TPSA) is 45.9 Å². The number of ether oxygens (including phenoxy) is 1. The molecule has 0 spiro atoms. The number of thioether (sulfide) groups is 1. The van der Waals surface area contributed by atoms with Crippen molar-refractivity contribution in [2.45, 2.75) is 37.1 Å². The lowest BCUT2D eigenvalue weighted by molar-refractivity contribution is 0.344. The van der Waals surface area contributed by atoms with Crippen molar-refractivity contribution >= 4 is 11.8 Å². The van der Waals surface area contributed by atoms with Crippen LogP contribution in [0.3, 0.4) is 0 Å². The Labute approximate surface area is 141 Å². The van der Waals surface area contributed by atoms with E-state index in [0.717, 1.165) is 29.4 Å². The molecule has 0 radical (unpaired) electrons. The zero-order valence-corrected chi connectivity index (χ0v) is 13.9. The molecule has 0 unspecified atom stereocenters. The van der Waals surface area contributed by atoms with Gasteiger partial charge in [0.25, 0.3) is 0 Å². The number of nitriles is 1. The van der Waals surface area contributed by atoms with E-state index in [-0.39, 0.29) is 0 Å². The van der Waals surface area contributed by atoms with Crippen LogP contribution in [0.2, 0.25) is 0 Å². The van der Waals surface area contributed by atoms with E-state index in [1.54, 1.807) is 11.8 Å². The molecule has 0 saturated carbocycles. The van der Waals surface area contributed by atoms with Gasteiger partial charge in [0.1, 0.15) is 16.8 Å². The van der Waals surface area contributed by atoms with Crippen LogP contribution in [-0.2, 0) is 12.8 Å². The van der Waals surface area contributed by atoms with Gasteiger partial charge in [0, 0.05) is 11.4 Å². The van der Waals surface area contributed by atoms with E-state index in [0.29, 0.717) is 12.2 Å². The summed E-state index contributed by atoms with van der Waals surface area (Å²) in [6.07, 6.45) is 5.75. The van der Waals surface area contributed by atoms with E-state index in [1.165, 1.54) is 30.5 Å². The highest BCUT2D eigenvalue weighted by Gasteiger charge is 2.14. The van der Waals surface area contributed by atoms with Gasteiger partial charge in [-0.2, -0.15) is 5.26 Å². The summed E-state index contributed by atoms with van der Waals surface area (Å²) < 4.78 is 5.70. The molecule has 2 aromatic rings.